The lowest BCUT2D eigenvalue weighted by Crippen LogP contribution is -2.16. The van der Waals surface area contributed by atoms with Crippen molar-refractivity contribution in [3.05, 3.63) is 30.1 Å². The summed E-state index contributed by atoms with van der Waals surface area (Å²) in [5, 5.41) is -1.63. The van der Waals surface area contributed by atoms with E-state index in [2.05, 4.69) is 4.98 Å². The van der Waals surface area contributed by atoms with E-state index in [9.17, 15) is 23.8 Å². The van der Waals surface area contributed by atoms with E-state index in [-0.39, 0.29) is 6.54 Å². The highest BCUT2D eigenvalue weighted by Crippen LogP contribution is 2.60. The molecule has 0 saturated carbocycles. The Morgan fingerprint density at radius 3 is 2.50 bits per heavy atom. The van der Waals surface area contributed by atoms with Gasteiger partial charge in [0.2, 0.25) is 7.37 Å². The van der Waals surface area contributed by atoms with Crippen molar-refractivity contribution in [3.63, 3.8) is 0 Å². The van der Waals surface area contributed by atoms with Gasteiger partial charge in [-0.3, -0.25) is 9.13 Å². The Balaban J connectivity index is 2.44. The van der Waals surface area contributed by atoms with Gasteiger partial charge in [0.25, 0.3) is 0 Å². The molecule has 0 aliphatic heterocycles. The minimum atomic E-state index is -4.69. The van der Waals surface area contributed by atoms with Crippen LogP contribution in [0, 0.1) is 6.92 Å². The molecule has 0 spiro atoms. The second-order valence-electron chi connectivity index (χ2n) is 4.90. The van der Waals surface area contributed by atoms with Crippen LogP contribution in [0.2, 0.25) is 0 Å². The van der Waals surface area contributed by atoms with Crippen LogP contribution in [0.3, 0.4) is 0 Å². The minimum Gasteiger partial charge on any atom is -0.344 e. The molecule has 3 N–H and O–H groups in total. The molecule has 2 atom stereocenters. The van der Waals surface area contributed by atoms with Crippen LogP contribution >= 0.6 is 15.0 Å². The number of imidazole rings is 1. The highest BCUT2D eigenvalue weighted by Gasteiger charge is 2.41. The standard InChI is InChI=1S/C11H16N2O5P2/c1-8-3-4-10-9(5-8)12-7-13(10)6-11(19(2,14)15)20(16,17)18/h3-5,7,11H,6H2,1-2H3,(H,14,15)(H2,16,17,18). The monoisotopic (exact) mass is 318 g/mol. The molecule has 2 aromatic rings. The van der Waals surface area contributed by atoms with Crippen molar-refractivity contribution in [2.45, 2.75) is 18.9 Å². The van der Waals surface area contributed by atoms with Gasteiger partial charge in [-0.25, -0.2) is 4.98 Å². The average Bonchev–Trinajstić information content (AvgIpc) is 2.64. The number of fused-ring (bicyclic) bond motifs is 1. The first-order valence-electron chi connectivity index (χ1n) is 5.85. The lowest BCUT2D eigenvalue weighted by molar-refractivity contribution is 0.358. The molecule has 0 fully saturated rings. The molecule has 0 aliphatic carbocycles. The summed E-state index contributed by atoms with van der Waals surface area (Å²) in [6.45, 7) is 2.61. The highest BCUT2D eigenvalue weighted by molar-refractivity contribution is 7.73. The zero-order valence-electron chi connectivity index (χ0n) is 11.0. The van der Waals surface area contributed by atoms with Crippen molar-refractivity contribution >= 4 is 26.0 Å². The molecule has 2 rings (SSSR count). The molecular formula is C11H16N2O5P2. The van der Waals surface area contributed by atoms with E-state index < -0.39 is 20.4 Å². The van der Waals surface area contributed by atoms with Crippen LogP contribution in [0.15, 0.2) is 24.5 Å². The molecule has 0 bridgehead atoms. The third-order valence-corrected chi connectivity index (χ3v) is 7.47. The average molecular weight is 318 g/mol. The summed E-state index contributed by atoms with van der Waals surface area (Å²) in [5.41, 5.74) is 2.36. The molecule has 9 heteroatoms. The molecule has 110 valence electrons. The predicted octanol–water partition coefficient (Wildman–Crippen LogP) is 1.75. The van der Waals surface area contributed by atoms with Crippen molar-refractivity contribution < 1.29 is 23.8 Å². The third kappa shape index (κ3) is 3.19. The van der Waals surface area contributed by atoms with Gasteiger partial charge in [-0.15, -0.1) is 0 Å². The van der Waals surface area contributed by atoms with Crippen molar-refractivity contribution in [1.82, 2.24) is 9.55 Å². The summed E-state index contributed by atoms with van der Waals surface area (Å²) < 4.78 is 24.6. The van der Waals surface area contributed by atoms with E-state index in [0.29, 0.717) is 11.0 Å². The smallest absolute Gasteiger partial charge is 0.340 e. The first kappa shape index (κ1) is 15.4. The maximum Gasteiger partial charge on any atom is 0.340 e. The second kappa shape index (κ2) is 5.10. The van der Waals surface area contributed by atoms with Crippen LogP contribution in [-0.2, 0) is 15.7 Å². The molecule has 2 unspecified atom stereocenters. The Morgan fingerprint density at radius 2 is 1.95 bits per heavy atom. The van der Waals surface area contributed by atoms with Gasteiger partial charge in [0.05, 0.1) is 17.4 Å². The van der Waals surface area contributed by atoms with E-state index in [0.717, 1.165) is 12.2 Å². The summed E-state index contributed by atoms with van der Waals surface area (Å²) in [4.78, 5) is 32.2. The van der Waals surface area contributed by atoms with Crippen LogP contribution in [0.25, 0.3) is 11.0 Å². The maximum absolute atomic E-state index is 11.7. The van der Waals surface area contributed by atoms with Crippen molar-refractivity contribution in [2.75, 3.05) is 6.66 Å². The summed E-state index contributed by atoms with van der Waals surface area (Å²) in [6.07, 6.45) is 1.42. The fraction of sp³-hybridized carbons (Fsp3) is 0.364. The quantitative estimate of drug-likeness (QED) is 0.740. The molecule has 7 nitrogen and oxygen atoms in total. The topological polar surface area (TPSA) is 113 Å². The maximum atomic E-state index is 11.7. The van der Waals surface area contributed by atoms with Crippen LogP contribution in [0.5, 0.6) is 0 Å². The molecule has 0 radical (unpaired) electrons. The SMILES string of the molecule is Cc1ccc2c(c1)ncn2CC(P(C)(=O)O)P(=O)(O)O. The van der Waals surface area contributed by atoms with Crippen LogP contribution in [0.4, 0.5) is 0 Å². The van der Waals surface area contributed by atoms with Crippen molar-refractivity contribution in [3.8, 4) is 0 Å². The van der Waals surface area contributed by atoms with Gasteiger partial charge in [-0.05, 0) is 24.6 Å². The molecule has 1 aromatic heterocycles. The van der Waals surface area contributed by atoms with Crippen LogP contribution in [-0.4, -0.2) is 36.3 Å². The van der Waals surface area contributed by atoms with Gasteiger partial charge in [0, 0.05) is 13.2 Å². The number of rotatable bonds is 4. The van der Waals surface area contributed by atoms with Gasteiger partial charge in [-0.2, -0.15) is 0 Å². The van der Waals surface area contributed by atoms with Gasteiger partial charge in [0.15, 0.2) is 5.40 Å². The summed E-state index contributed by atoms with van der Waals surface area (Å²) in [7, 11) is -8.63. The number of hydrogen-bond acceptors (Lipinski definition) is 3. The highest BCUT2D eigenvalue weighted by atomic mass is 31.2. The normalized spacial score (nSPS) is 17.1. The molecular weight excluding hydrogens is 302 g/mol. The Labute approximate surface area is 115 Å². The fourth-order valence-electron chi connectivity index (χ4n) is 2.03. The van der Waals surface area contributed by atoms with E-state index >= 15 is 0 Å². The molecule has 0 aliphatic rings. The molecule has 1 heterocycles. The molecule has 0 amide bonds. The number of benzene rings is 1. The fourth-order valence-corrected chi connectivity index (χ4v) is 5.13. The van der Waals surface area contributed by atoms with Crippen LogP contribution < -0.4 is 0 Å². The van der Waals surface area contributed by atoms with E-state index in [1.165, 1.54) is 10.9 Å². The van der Waals surface area contributed by atoms with Gasteiger partial charge in [0.1, 0.15) is 0 Å². The van der Waals surface area contributed by atoms with E-state index in [1.54, 1.807) is 6.07 Å². The van der Waals surface area contributed by atoms with E-state index in [1.807, 2.05) is 19.1 Å². The number of aromatic nitrogens is 2. The summed E-state index contributed by atoms with van der Waals surface area (Å²) >= 11 is 0. The third-order valence-electron chi connectivity index (χ3n) is 3.08. The lowest BCUT2D eigenvalue weighted by Gasteiger charge is -2.21. The van der Waals surface area contributed by atoms with Crippen LogP contribution in [0.1, 0.15) is 5.56 Å². The number of aryl methyl sites for hydroxylation is 1. The summed E-state index contributed by atoms with van der Waals surface area (Å²) in [5.74, 6) is 0. The Hall–Kier alpha value is -0.970. The van der Waals surface area contributed by atoms with Crippen molar-refractivity contribution in [2.24, 2.45) is 0 Å². The zero-order chi connectivity index (χ0) is 15.1. The van der Waals surface area contributed by atoms with Gasteiger partial charge in [-0.1, -0.05) is 6.07 Å². The Bertz CT molecular complexity index is 707. The molecule has 20 heavy (non-hydrogen) atoms. The molecule has 0 saturated heterocycles. The predicted molar refractivity (Wildman–Crippen MR) is 76.1 cm³/mol. The first-order chi connectivity index (χ1) is 9.09. The van der Waals surface area contributed by atoms with Gasteiger partial charge < -0.3 is 19.2 Å². The zero-order valence-corrected chi connectivity index (χ0v) is 12.8. The minimum absolute atomic E-state index is 0.256. The first-order valence-corrected chi connectivity index (χ1v) is 9.71. The van der Waals surface area contributed by atoms with Crippen molar-refractivity contribution in [1.29, 1.82) is 0 Å². The molecule has 1 aromatic carbocycles. The van der Waals surface area contributed by atoms with E-state index in [4.69, 9.17) is 0 Å². The summed E-state index contributed by atoms with van der Waals surface area (Å²) in [6, 6.07) is 5.45. The Morgan fingerprint density at radius 1 is 1.30 bits per heavy atom. The second-order valence-corrected chi connectivity index (χ2v) is 9.62. The number of nitrogens with zero attached hydrogens (tertiary/aromatic N) is 2. The lowest BCUT2D eigenvalue weighted by atomic mass is 10.2. The number of hydrogen-bond donors (Lipinski definition) is 3. The van der Waals surface area contributed by atoms with Gasteiger partial charge >= 0.3 is 7.60 Å². The Kier molecular flexibility index (Phi) is 3.93. The largest absolute Gasteiger partial charge is 0.344 e.